The Morgan fingerprint density at radius 1 is 1.21 bits per heavy atom. The number of hydrogen-bond donors (Lipinski definition) is 1. The maximum Gasteiger partial charge on any atom is 0.171 e. The minimum atomic E-state index is 0.884. The van der Waals surface area contributed by atoms with Crippen LogP contribution >= 0.6 is 11.3 Å². The van der Waals surface area contributed by atoms with Crippen LogP contribution in [0.3, 0.4) is 0 Å². The van der Waals surface area contributed by atoms with Crippen molar-refractivity contribution in [1.29, 1.82) is 0 Å². The number of nitrogens with zero attached hydrogens (tertiary/aromatic N) is 2. The Morgan fingerprint density at radius 2 is 2.05 bits per heavy atom. The summed E-state index contributed by atoms with van der Waals surface area (Å²) in [5.41, 5.74) is 2.59. The van der Waals surface area contributed by atoms with E-state index in [1.165, 1.54) is 33.9 Å². The molecule has 0 fully saturated rings. The van der Waals surface area contributed by atoms with Gasteiger partial charge in [0.15, 0.2) is 5.82 Å². The van der Waals surface area contributed by atoms with Crippen LogP contribution in [-0.4, -0.2) is 16.5 Å². The van der Waals surface area contributed by atoms with Crippen LogP contribution in [0.15, 0.2) is 12.1 Å². The van der Waals surface area contributed by atoms with Crippen molar-refractivity contribution in [3.63, 3.8) is 0 Å². The molecule has 1 aliphatic carbocycles. The van der Waals surface area contributed by atoms with Crippen molar-refractivity contribution < 1.29 is 0 Å². The largest absolute Gasteiger partial charge is 0.370 e. The van der Waals surface area contributed by atoms with Crippen LogP contribution in [0, 0.1) is 6.92 Å². The van der Waals surface area contributed by atoms with Crippen molar-refractivity contribution in [1.82, 2.24) is 9.97 Å². The van der Waals surface area contributed by atoms with Gasteiger partial charge in [0.05, 0.1) is 4.88 Å². The average Bonchev–Trinajstić information content (AvgIpc) is 2.86. The van der Waals surface area contributed by atoms with Crippen molar-refractivity contribution >= 4 is 17.2 Å². The van der Waals surface area contributed by atoms with Crippen molar-refractivity contribution in [2.24, 2.45) is 0 Å². The lowest BCUT2D eigenvalue weighted by Crippen LogP contribution is -2.13. The van der Waals surface area contributed by atoms with Crippen LogP contribution in [0.4, 0.5) is 5.82 Å². The Labute approximate surface area is 118 Å². The second-order valence-corrected chi connectivity index (χ2v) is 6.26. The highest BCUT2D eigenvalue weighted by Gasteiger charge is 2.18. The van der Waals surface area contributed by atoms with Gasteiger partial charge in [-0.2, -0.15) is 0 Å². The van der Waals surface area contributed by atoms with Crippen molar-refractivity contribution in [3.05, 3.63) is 28.3 Å². The van der Waals surface area contributed by atoms with E-state index < -0.39 is 0 Å². The van der Waals surface area contributed by atoms with E-state index in [9.17, 15) is 0 Å². The molecule has 0 saturated heterocycles. The number of aromatic nitrogens is 2. The molecule has 1 N–H and O–H groups in total. The first-order valence-corrected chi connectivity index (χ1v) is 7.80. The molecule has 0 aliphatic heterocycles. The molecule has 2 aromatic rings. The summed E-state index contributed by atoms with van der Waals surface area (Å²) in [5, 5.41) is 3.41. The van der Waals surface area contributed by atoms with Gasteiger partial charge in [0.25, 0.3) is 0 Å². The lowest BCUT2D eigenvalue weighted by atomic mass is 9.96. The fraction of sp³-hybridized carbons (Fsp3) is 0.467. The first kappa shape index (κ1) is 12.6. The lowest BCUT2D eigenvalue weighted by molar-refractivity contribution is 0.665. The molecule has 0 aromatic carbocycles. The second-order valence-electron chi connectivity index (χ2n) is 4.97. The molecule has 4 heteroatoms. The summed E-state index contributed by atoms with van der Waals surface area (Å²) < 4.78 is 0. The lowest BCUT2D eigenvalue weighted by Gasteiger charge is -2.19. The first-order valence-electron chi connectivity index (χ1n) is 6.98. The van der Waals surface area contributed by atoms with E-state index in [2.05, 4.69) is 31.3 Å². The molecular weight excluding hydrogens is 254 g/mol. The van der Waals surface area contributed by atoms with E-state index in [0.717, 1.165) is 31.0 Å². The predicted molar refractivity (Wildman–Crippen MR) is 80.9 cm³/mol. The van der Waals surface area contributed by atoms with Crippen LogP contribution in [0.25, 0.3) is 10.7 Å². The maximum absolute atomic E-state index is 4.80. The third-order valence-electron chi connectivity index (χ3n) is 3.49. The number of anilines is 1. The van der Waals surface area contributed by atoms with Gasteiger partial charge in [0.1, 0.15) is 5.82 Å². The maximum atomic E-state index is 4.80. The van der Waals surface area contributed by atoms with Gasteiger partial charge in [-0.15, -0.1) is 11.3 Å². The number of hydrogen-bond acceptors (Lipinski definition) is 4. The first-order chi connectivity index (χ1) is 9.28. The Hall–Kier alpha value is -1.42. The van der Waals surface area contributed by atoms with Gasteiger partial charge in [-0.3, -0.25) is 0 Å². The molecule has 0 spiro atoms. The molecule has 2 aromatic heterocycles. The molecular formula is C15H19N3S. The zero-order valence-electron chi connectivity index (χ0n) is 11.5. The number of aryl methyl sites for hydroxylation is 2. The normalized spacial score (nSPS) is 14.2. The number of thiophene rings is 1. The van der Waals surface area contributed by atoms with Gasteiger partial charge in [0.2, 0.25) is 0 Å². The number of nitrogens with one attached hydrogen (secondary N) is 1. The molecule has 0 saturated carbocycles. The van der Waals surface area contributed by atoms with Gasteiger partial charge in [0, 0.05) is 22.7 Å². The summed E-state index contributed by atoms with van der Waals surface area (Å²) in [6.45, 7) is 5.15. The van der Waals surface area contributed by atoms with Gasteiger partial charge < -0.3 is 5.32 Å². The highest BCUT2D eigenvalue weighted by Crippen LogP contribution is 2.31. The van der Waals surface area contributed by atoms with Gasteiger partial charge in [-0.05, 0) is 51.7 Å². The third-order valence-corrected chi connectivity index (χ3v) is 4.48. The predicted octanol–water partition coefficient (Wildman–Crippen LogP) is 3.82. The Kier molecular flexibility index (Phi) is 3.51. The fourth-order valence-corrected chi connectivity index (χ4v) is 3.37. The Bertz CT molecular complexity index is 589. The van der Waals surface area contributed by atoms with Crippen molar-refractivity contribution in [3.8, 4) is 10.7 Å². The molecule has 0 atom stereocenters. The van der Waals surface area contributed by atoms with Crippen molar-refractivity contribution in [2.75, 3.05) is 11.9 Å². The van der Waals surface area contributed by atoms with E-state index in [0.29, 0.717) is 0 Å². The number of rotatable bonds is 3. The molecule has 1 aliphatic rings. The molecule has 0 radical (unpaired) electrons. The summed E-state index contributed by atoms with van der Waals surface area (Å²) >= 11 is 1.77. The number of fused-ring (bicyclic) bond motifs is 1. The van der Waals surface area contributed by atoms with E-state index in [1.54, 1.807) is 11.3 Å². The highest BCUT2D eigenvalue weighted by molar-refractivity contribution is 7.15. The zero-order chi connectivity index (χ0) is 13.2. The summed E-state index contributed by atoms with van der Waals surface area (Å²) in [4.78, 5) is 12.0. The summed E-state index contributed by atoms with van der Waals surface area (Å²) in [6, 6.07) is 4.26. The van der Waals surface area contributed by atoms with Crippen LogP contribution in [-0.2, 0) is 12.8 Å². The third kappa shape index (κ3) is 2.50. The van der Waals surface area contributed by atoms with Crippen molar-refractivity contribution in [2.45, 2.75) is 39.5 Å². The molecule has 0 bridgehead atoms. The zero-order valence-corrected chi connectivity index (χ0v) is 12.3. The molecule has 3 nitrogen and oxygen atoms in total. The van der Waals surface area contributed by atoms with E-state index in [1.807, 2.05) is 0 Å². The molecule has 100 valence electrons. The molecule has 3 rings (SSSR count). The molecule has 2 heterocycles. The van der Waals surface area contributed by atoms with Crippen LogP contribution in [0.5, 0.6) is 0 Å². The molecule has 0 unspecified atom stereocenters. The monoisotopic (exact) mass is 273 g/mol. The van der Waals surface area contributed by atoms with Crippen LogP contribution < -0.4 is 5.32 Å². The van der Waals surface area contributed by atoms with Gasteiger partial charge >= 0.3 is 0 Å². The minimum Gasteiger partial charge on any atom is -0.370 e. The van der Waals surface area contributed by atoms with E-state index in [4.69, 9.17) is 9.97 Å². The van der Waals surface area contributed by atoms with E-state index >= 15 is 0 Å². The summed E-state index contributed by atoms with van der Waals surface area (Å²) in [6.07, 6.45) is 4.71. The topological polar surface area (TPSA) is 37.8 Å². The SMILES string of the molecule is CCNc1nc(-c2ccc(C)s2)nc2c1CCCC2. The van der Waals surface area contributed by atoms with Crippen LogP contribution in [0.2, 0.25) is 0 Å². The van der Waals surface area contributed by atoms with Gasteiger partial charge in [-0.1, -0.05) is 0 Å². The highest BCUT2D eigenvalue weighted by atomic mass is 32.1. The summed E-state index contributed by atoms with van der Waals surface area (Å²) in [7, 11) is 0. The summed E-state index contributed by atoms with van der Waals surface area (Å²) in [5.74, 6) is 1.93. The molecule has 0 amide bonds. The fourth-order valence-electron chi connectivity index (χ4n) is 2.57. The molecule has 19 heavy (non-hydrogen) atoms. The average molecular weight is 273 g/mol. The Balaban J connectivity index is 2.08. The van der Waals surface area contributed by atoms with E-state index in [-0.39, 0.29) is 0 Å². The Morgan fingerprint density at radius 3 is 2.79 bits per heavy atom. The minimum absolute atomic E-state index is 0.884. The van der Waals surface area contributed by atoms with Gasteiger partial charge in [-0.25, -0.2) is 9.97 Å². The van der Waals surface area contributed by atoms with Crippen LogP contribution in [0.1, 0.15) is 35.9 Å². The quantitative estimate of drug-likeness (QED) is 0.923. The standard InChI is InChI=1S/C15H19N3S/c1-3-16-14-11-6-4-5-7-12(11)17-15(18-14)13-9-8-10(2)19-13/h8-9H,3-7H2,1-2H3,(H,16,17,18). The smallest absolute Gasteiger partial charge is 0.171 e. The second kappa shape index (κ2) is 5.29.